The molecule has 6 nitrogen and oxygen atoms in total. The second-order valence-electron chi connectivity index (χ2n) is 9.44. The molecule has 0 aliphatic carbocycles. The molecule has 3 aromatic heterocycles. The Morgan fingerprint density at radius 3 is 2.48 bits per heavy atom. The maximum atomic E-state index is 12.9. The standard InChI is InChI=1S/C22H27N3O3S4Si/c1-14(28-33(5,6)22(2,3)4)19-24-17(12-30-19)20-23-15(11-29-20)13-32(26,27)21-25-16-9-7-8-10-18(16)31-21/h7-12,14H,13H2,1-6H3. The Hall–Kier alpha value is -1.50. The second kappa shape index (κ2) is 8.93. The fourth-order valence-corrected chi connectivity index (χ4v) is 8.70. The van der Waals surface area contributed by atoms with Crippen LogP contribution in [-0.4, -0.2) is 31.7 Å². The van der Waals surface area contributed by atoms with E-state index in [-0.39, 0.29) is 21.2 Å². The molecule has 4 aromatic rings. The van der Waals surface area contributed by atoms with Crippen molar-refractivity contribution in [2.45, 2.75) is 62.0 Å². The van der Waals surface area contributed by atoms with Gasteiger partial charge in [0.1, 0.15) is 21.5 Å². The molecule has 33 heavy (non-hydrogen) atoms. The van der Waals surface area contributed by atoms with Gasteiger partial charge in [-0.05, 0) is 37.2 Å². The van der Waals surface area contributed by atoms with E-state index in [9.17, 15) is 8.42 Å². The summed E-state index contributed by atoms with van der Waals surface area (Å²) in [5.74, 6) is -0.175. The van der Waals surface area contributed by atoms with Gasteiger partial charge < -0.3 is 4.43 Å². The first-order valence-corrected chi connectivity index (χ1v) is 17.7. The number of para-hydroxylation sites is 1. The van der Waals surface area contributed by atoms with E-state index in [1.807, 2.05) is 36.6 Å². The lowest BCUT2D eigenvalue weighted by Crippen LogP contribution is -2.41. The van der Waals surface area contributed by atoms with Crippen molar-refractivity contribution in [1.82, 2.24) is 15.0 Å². The Labute approximate surface area is 207 Å². The zero-order valence-electron chi connectivity index (χ0n) is 19.4. The van der Waals surface area contributed by atoms with Crippen LogP contribution in [0, 0.1) is 0 Å². The molecule has 0 amide bonds. The van der Waals surface area contributed by atoms with Crippen LogP contribution in [-0.2, 0) is 20.0 Å². The molecular weight excluding hydrogens is 511 g/mol. The van der Waals surface area contributed by atoms with Gasteiger partial charge in [-0.3, -0.25) is 0 Å². The number of fused-ring (bicyclic) bond motifs is 1. The topological polar surface area (TPSA) is 82.0 Å². The monoisotopic (exact) mass is 537 g/mol. The van der Waals surface area contributed by atoms with E-state index in [1.54, 1.807) is 16.7 Å². The van der Waals surface area contributed by atoms with Crippen molar-refractivity contribution >= 4 is 62.4 Å². The smallest absolute Gasteiger partial charge is 0.211 e. The minimum atomic E-state index is -3.57. The van der Waals surface area contributed by atoms with Gasteiger partial charge in [0.2, 0.25) is 14.2 Å². The van der Waals surface area contributed by atoms with Crippen LogP contribution in [0.15, 0.2) is 39.4 Å². The average molecular weight is 538 g/mol. The van der Waals surface area contributed by atoms with E-state index < -0.39 is 18.2 Å². The van der Waals surface area contributed by atoms with E-state index in [2.05, 4.69) is 43.8 Å². The fourth-order valence-electron chi connectivity index (χ4n) is 2.97. The quantitative estimate of drug-likeness (QED) is 0.238. The summed E-state index contributed by atoms with van der Waals surface area (Å²) in [5, 5.41) is 5.50. The third-order valence-corrected chi connectivity index (χ3v) is 15.4. The van der Waals surface area contributed by atoms with Crippen molar-refractivity contribution in [3.63, 3.8) is 0 Å². The van der Waals surface area contributed by atoms with Crippen LogP contribution in [0.5, 0.6) is 0 Å². The predicted molar refractivity (Wildman–Crippen MR) is 140 cm³/mol. The Balaban J connectivity index is 1.49. The SMILES string of the molecule is CC(O[Si](C)(C)C(C)(C)C)c1nc(-c2nc(CS(=O)(=O)c3nc4ccccc4s3)cs2)cs1. The van der Waals surface area contributed by atoms with Crippen LogP contribution in [0.1, 0.15) is 44.5 Å². The molecule has 0 aliphatic rings. The van der Waals surface area contributed by atoms with Gasteiger partial charge in [-0.2, -0.15) is 0 Å². The molecule has 0 spiro atoms. The summed E-state index contributed by atoms with van der Waals surface area (Å²) in [7, 11) is -5.47. The van der Waals surface area contributed by atoms with E-state index in [1.165, 1.54) is 22.7 Å². The molecule has 0 N–H and O–H groups in total. The Morgan fingerprint density at radius 2 is 1.79 bits per heavy atom. The highest BCUT2D eigenvalue weighted by Gasteiger charge is 2.39. The molecule has 0 saturated carbocycles. The minimum absolute atomic E-state index is 0.0940. The number of nitrogens with zero attached hydrogens (tertiary/aromatic N) is 3. The molecule has 0 bridgehead atoms. The maximum Gasteiger partial charge on any atom is 0.211 e. The normalized spacial score (nSPS) is 14.1. The maximum absolute atomic E-state index is 12.9. The molecule has 1 aromatic carbocycles. The summed E-state index contributed by atoms with van der Waals surface area (Å²) >= 11 is 4.15. The highest BCUT2D eigenvalue weighted by atomic mass is 32.2. The van der Waals surface area contributed by atoms with Crippen LogP contribution in [0.25, 0.3) is 20.9 Å². The summed E-state index contributed by atoms with van der Waals surface area (Å²) in [6, 6.07) is 7.43. The minimum Gasteiger partial charge on any atom is -0.408 e. The van der Waals surface area contributed by atoms with Gasteiger partial charge in [-0.25, -0.2) is 23.4 Å². The third-order valence-electron chi connectivity index (χ3n) is 5.80. The molecule has 3 heterocycles. The van der Waals surface area contributed by atoms with E-state index in [0.717, 1.165) is 15.4 Å². The zero-order valence-corrected chi connectivity index (χ0v) is 23.7. The molecule has 1 unspecified atom stereocenters. The number of aromatic nitrogens is 3. The molecule has 176 valence electrons. The summed E-state index contributed by atoms with van der Waals surface area (Å²) in [4.78, 5) is 13.6. The van der Waals surface area contributed by atoms with Crippen molar-refractivity contribution in [2.75, 3.05) is 0 Å². The first kappa shape index (κ1) is 24.6. The third kappa shape index (κ3) is 5.28. The van der Waals surface area contributed by atoms with Gasteiger partial charge in [0.05, 0.1) is 22.0 Å². The molecule has 0 fully saturated rings. The average Bonchev–Trinajstić information content (AvgIpc) is 3.45. The first-order valence-electron chi connectivity index (χ1n) is 10.5. The zero-order chi connectivity index (χ0) is 24.0. The van der Waals surface area contributed by atoms with Crippen molar-refractivity contribution < 1.29 is 12.8 Å². The predicted octanol–water partition coefficient (Wildman–Crippen LogP) is 6.93. The van der Waals surface area contributed by atoms with Gasteiger partial charge in [-0.15, -0.1) is 34.0 Å². The Kier molecular flexibility index (Phi) is 6.66. The number of hydrogen-bond donors (Lipinski definition) is 0. The van der Waals surface area contributed by atoms with Crippen LogP contribution in [0.3, 0.4) is 0 Å². The van der Waals surface area contributed by atoms with Gasteiger partial charge in [0.15, 0.2) is 8.32 Å². The number of hydrogen-bond acceptors (Lipinski definition) is 9. The highest BCUT2D eigenvalue weighted by Crippen LogP contribution is 2.40. The van der Waals surface area contributed by atoms with Crippen LogP contribution >= 0.6 is 34.0 Å². The molecule has 0 aliphatic heterocycles. The highest BCUT2D eigenvalue weighted by molar-refractivity contribution is 7.92. The van der Waals surface area contributed by atoms with E-state index in [0.29, 0.717) is 16.2 Å². The molecule has 11 heteroatoms. The summed E-state index contributed by atoms with van der Waals surface area (Å²) < 4.78 is 33.3. The number of rotatable bonds is 7. The lowest BCUT2D eigenvalue weighted by atomic mass is 10.2. The molecule has 0 saturated heterocycles. The Bertz CT molecular complexity index is 1350. The van der Waals surface area contributed by atoms with Gasteiger partial charge >= 0.3 is 0 Å². The molecule has 4 rings (SSSR count). The van der Waals surface area contributed by atoms with Crippen LogP contribution in [0.4, 0.5) is 0 Å². The van der Waals surface area contributed by atoms with E-state index in [4.69, 9.17) is 9.41 Å². The van der Waals surface area contributed by atoms with E-state index >= 15 is 0 Å². The molecule has 1 atom stereocenters. The van der Waals surface area contributed by atoms with Gasteiger partial charge in [-0.1, -0.05) is 32.9 Å². The second-order valence-corrected chi connectivity index (χ2v) is 19.1. The van der Waals surface area contributed by atoms with Crippen LogP contribution < -0.4 is 0 Å². The molecular formula is C22H27N3O3S4Si. The van der Waals surface area contributed by atoms with Crippen LogP contribution in [0.2, 0.25) is 18.1 Å². The van der Waals surface area contributed by atoms with Crippen molar-refractivity contribution in [3.05, 3.63) is 45.7 Å². The first-order chi connectivity index (χ1) is 15.4. The summed E-state index contributed by atoms with van der Waals surface area (Å²) in [6.07, 6.45) is -0.0940. The van der Waals surface area contributed by atoms with Crippen molar-refractivity contribution in [2.24, 2.45) is 0 Å². The summed E-state index contributed by atoms with van der Waals surface area (Å²) in [5.41, 5.74) is 1.97. The van der Waals surface area contributed by atoms with Gasteiger partial charge in [0.25, 0.3) is 0 Å². The number of benzene rings is 1. The lowest BCUT2D eigenvalue weighted by molar-refractivity contribution is 0.202. The Morgan fingerprint density at radius 1 is 1.06 bits per heavy atom. The summed E-state index contributed by atoms with van der Waals surface area (Å²) in [6.45, 7) is 13.2. The van der Waals surface area contributed by atoms with Crippen molar-refractivity contribution in [3.8, 4) is 10.7 Å². The van der Waals surface area contributed by atoms with Crippen molar-refractivity contribution in [1.29, 1.82) is 0 Å². The molecule has 0 radical (unpaired) electrons. The number of sulfone groups is 1. The largest absolute Gasteiger partial charge is 0.408 e. The number of thiazole rings is 3. The van der Waals surface area contributed by atoms with Gasteiger partial charge in [0, 0.05) is 10.8 Å². The fraction of sp³-hybridized carbons (Fsp3) is 0.409. The lowest BCUT2D eigenvalue weighted by Gasteiger charge is -2.38.